The molecule has 0 aliphatic rings. The van der Waals surface area contributed by atoms with Crippen LogP contribution in [0, 0.1) is 0 Å². The van der Waals surface area contributed by atoms with Crippen molar-refractivity contribution in [3.63, 3.8) is 0 Å². The molecule has 6 heteroatoms. The summed E-state index contributed by atoms with van der Waals surface area (Å²) in [7, 11) is 5.52. The van der Waals surface area contributed by atoms with Crippen LogP contribution in [0.15, 0.2) is 23.2 Å². The Balaban J connectivity index is 0.00000484. The number of nitrogens with one attached hydrogen (secondary N) is 1. The van der Waals surface area contributed by atoms with E-state index in [-0.39, 0.29) is 24.0 Å². The van der Waals surface area contributed by atoms with Crippen LogP contribution in [0.4, 0.5) is 0 Å². The Labute approximate surface area is 157 Å². The minimum absolute atomic E-state index is 0. The number of guanidine groups is 1. The molecule has 0 aliphatic carbocycles. The maximum absolute atomic E-state index is 5.61. The Morgan fingerprint density at radius 2 is 2.00 bits per heavy atom. The number of methoxy groups -OCH3 is 1. The lowest BCUT2D eigenvalue weighted by Gasteiger charge is -2.22. The number of benzene rings is 1. The summed E-state index contributed by atoms with van der Waals surface area (Å²) in [5, 5.41) is 3.38. The normalized spacial score (nSPS) is 10.7. The number of unbranched alkanes of at least 4 members (excludes halogenated alkanes) is 1. The van der Waals surface area contributed by atoms with E-state index in [0.717, 1.165) is 36.0 Å². The molecule has 0 bridgehead atoms. The summed E-state index contributed by atoms with van der Waals surface area (Å²) in [6.07, 6.45) is 2.34. The average Bonchev–Trinajstić information content (AvgIpc) is 2.54. The van der Waals surface area contributed by atoms with Crippen LogP contribution < -0.4 is 14.8 Å². The number of halogens is 1. The molecule has 0 saturated carbocycles. The second-order valence-corrected chi connectivity index (χ2v) is 5.09. The molecule has 0 fully saturated rings. The van der Waals surface area contributed by atoms with Crippen LogP contribution in [0.5, 0.6) is 11.5 Å². The van der Waals surface area contributed by atoms with E-state index in [4.69, 9.17) is 9.47 Å². The monoisotopic (exact) mass is 435 g/mol. The second kappa shape index (κ2) is 12.3. The van der Waals surface area contributed by atoms with E-state index in [1.54, 1.807) is 7.11 Å². The number of aliphatic imine (C=N–C) groups is 1. The van der Waals surface area contributed by atoms with Gasteiger partial charge in [0.15, 0.2) is 17.5 Å². The number of ether oxygens (including phenoxy) is 2. The van der Waals surface area contributed by atoms with Crippen LogP contribution in [0.2, 0.25) is 0 Å². The molecule has 1 aromatic rings. The Morgan fingerprint density at radius 1 is 1.26 bits per heavy atom. The smallest absolute Gasteiger partial charge is 0.193 e. The summed E-state index contributed by atoms with van der Waals surface area (Å²) in [6.45, 7) is 6.48. The summed E-state index contributed by atoms with van der Waals surface area (Å²) in [5.41, 5.74) is 1.13. The van der Waals surface area contributed by atoms with Crippen molar-refractivity contribution >= 4 is 29.9 Å². The van der Waals surface area contributed by atoms with Gasteiger partial charge in [0, 0.05) is 27.2 Å². The van der Waals surface area contributed by atoms with E-state index in [9.17, 15) is 0 Å². The third kappa shape index (κ3) is 7.28. The molecular weight excluding hydrogens is 405 g/mol. The van der Waals surface area contributed by atoms with Crippen LogP contribution in [0.25, 0.3) is 0 Å². The van der Waals surface area contributed by atoms with Gasteiger partial charge in [-0.1, -0.05) is 19.4 Å². The highest BCUT2D eigenvalue weighted by atomic mass is 127. The van der Waals surface area contributed by atoms with Gasteiger partial charge in [0.25, 0.3) is 0 Å². The van der Waals surface area contributed by atoms with Crippen LogP contribution in [-0.2, 0) is 6.54 Å². The lowest BCUT2D eigenvalue weighted by molar-refractivity contribution is 0.310. The van der Waals surface area contributed by atoms with E-state index in [1.807, 2.05) is 32.2 Å². The Hall–Kier alpha value is -1.18. The van der Waals surface area contributed by atoms with Gasteiger partial charge in [0.05, 0.1) is 13.7 Å². The number of hydrogen-bond donors (Lipinski definition) is 1. The molecule has 23 heavy (non-hydrogen) atoms. The fourth-order valence-corrected chi connectivity index (χ4v) is 2.17. The minimum atomic E-state index is 0. The van der Waals surface area contributed by atoms with E-state index in [1.165, 1.54) is 6.42 Å². The van der Waals surface area contributed by atoms with Crippen LogP contribution >= 0.6 is 24.0 Å². The molecule has 0 aromatic heterocycles. The Kier molecular flexibility index (Phi) is 11.6. The molecule has 0 unspecified atom stereocenters. The summed E-state index contributed by atoms with van der Waals surface area (Å²) >= 11 is 0. The number of nitrogens with zero attached hydrogens (tertiary/aromatic N) is 2. The minimum Gasteiger partial charge on any atom is -0.493 e. The molecule has 0 amide bonds. The molecule has 1 rings (SSSR count). The highest BCUT2D eigenvalue weighted by Crippen LogP contribution is 2.27. The maximum atomic E-state index is 5.61. The second-order valence-electron chi connectivity index (χ2n) is 5.09. The Morgan fingerprint density at radius 3 is 2.57 bits per heavy atom. The number of rotatable bonds is 8. The van der Waals surface area contributed by atoms with E-state index < -0.39 is 0 Å². The third-order valence-corrected chi connectivity index (χ3v) is 3.40. The topological polar surface area (TPSA) is 46.1 Å². The zero-order valence-corrected chi connectivity index (χ0v) is 17.2. The van der Waals surface area contributed by atoms with Gasteiger partial charge in [-0.15, -0.1) is 24.0 Å². The first-order valence-electron chi connectivity index (χ1n) is 7.87. The van der Waals surface area contributed by atoms with E-state index in [0.29, 0.717) is 13.2 Å². The first-order chi connectivity index (χ1) is 10.7. The van der Waals surface area contributed by atoms with Gasteiger partial charge < -0.3 is 19.7 Å². The summed E-state index contributed by atoms with van der Waals surface area (Å²) in [5.74, 6) is 2.44. The third-order valence-electron chi connectivity index (χ3n) is 3.40. The summed E-state index contributed by atoms with van der Waals surface area (Å²) in [6, 6.07) is 5.98. The van der Waals surface area contributed by atoms with Gasteiger partial charge in [-0.2, -0.15) is 0 Å². The molecule has 0 heterocycles. The Bertz CT molecular complexity index is 481. The summed E-state index contributed by atoms with van der Waals surface area (Å²) < 4.78 is 10.9. The van der Waals surface area contributed by atoms with Crippen molar-refractivity contribution in [3.8, 4) is 11.5 Å². The van der Waals surface area contributed by atoms with Crippen molar-refractivity contribution in [1.29, 1.82) is 0 Å². The lowest BCUT2D eigenvalue weighted by atomic mass is 10.2. The van der Waals surface area contributed by atoms with Gasteiger partial charge in [0.2, 0.25) is 0 Å². The van der Waals surface area contributed by atoms with Crippen molar-refractivity contribution in [1.82, 2.24) is 10.2 Å². The van der Waals surface area contributed by atoms with Crippen molar-refractivity contribution in [2.45, 2.75) is 33.2 Å². The largest absolute Gasteiger partial charge is 0.493 e. The van der Waals surface area contributed by atoms with Gasteiger partial charge in [-0.25, -0.2) is 0 Å². The van der Waals surface area contributed by atoms with Crippen molar-refractivity contribution in [3.05, 3.63) is 23.8 Å². The fourth-order valence-electron chi connectivity index (χ4n) is 2.17. The van der Waals surface area contributed by atoms with Crippen molar-refractivity contribution < 1.29 is 9.47 Å². The lowest BCUT2D eigenvalue weighted by Crippen LogP contribution is -2.38. The predicted molar refractivity (Wildman–Crippen MR) is 107 cm³/mol. The molecule has 1 aromatic carbocycles. The molecule has 1 N–H and O–H groups in total. The molecule has 0 spiro atoms. The molecule has 0 aliphatic heterocycles. The average molecular weight is 435 g/mol. The van der Waals surface area contributed by atoms with E-state index >= 15 is 0 Å². The molecule has 5 nitrogen and oxygen atoms in total. The predicted octanol–water partition coefficient (Wildman–Crippen LogP) is 3.52. The van der Waals surface area contributed by atoms with Crippen molar-refractivity contribution in [2.24, 2.45) is 4.99 Å². The maximum Gasteiger partial charge on any atom is 0.193 e. The van der Waals surface area contributed by atoms with Crippen LogP contribution in [0.3, 0.4) is 0 Å². The first-order valence-corrected chi connectivity index (χ1v) is 7.87. The van der Waals surface area contributed by atoms with Gasteiger partial charge >= 0.3 is 0 Å². The number of hydrogen-bond acceptors (Lipinski definition) is 3. The first kappa shape index (κ1) is 21.8. The standard InChI is InChI=1S/C17H29N3O2.HI/c1-6-8-11-20(4)17(18-3)19-13-14-9-10-15(21-5)16(12-14)22-7-2;/h9-10,12H,6-8,11,13H2,1-5H3,(H,18,19);1H. The van der Waals surface area contributed by atoms with Gasteiger partial charge in [-0.3, -0.25) is 4.99 Å². The SMILES string of the molecule is CCCCN(C)C(=NC)NCc1ccc(OC)c(OCC)c1.I. The summed E-state index contributed by atoms with van der Waals surface area (Å²) in [4.78, 5) is 6.47. The molecule has 132 valence electrons. The molecule has 0 radical (unpaired) electrons. The van der Waals surface area contributed by atoms with Crippen LogP contribution in [-0.4, -0.2) is 45.2 Å². The molecule has 0 saturated heterocycles. The van der Waals surface area contributed by atoms with E-state index in [2.05, 4.69) is 29.2 Å². The van der Waals surface area contributed by atoms with Crippen molar-refractivity contribution in [2.75, 3.05) is 34.4 Å². The molecule has 0 atom stereocenters. The quantitative estimate of drug-likeness (QED) is 0.386. The van der Waals surface area contributed by atoms with Gasteiger partial charge in [-0.05, 0) is 31.0 Å². The zero-order valence-electron chi connectivity index (χ0n) is 14.9. The van der Waals surface area contributed by atoms with Gasteiger partial charge in [0.1, 0.15) is 0 Å². The zero-order chi connectivity index (χ0) is 16.4. The highest BCUT2D eigenvalue weighted by Gasteiger charge is 2.08. The molecular formula is C17H30IN3O2. The fraction of sp³-hybridized carbons (Fsp3) is 0.588. The van der Waals surface area contributed by atoms with Crippen LogP contribution in [0.1, 0.15) is 32.3 Å². The highest BCUT2D eigenvalue weighted by molar-refractivity contribution is 14.0.